The molecular weight excluding hydrogens is 474 g/mol. The van der Waals surface area contributed by atoms with Crippen LogP contribution in [0, 0.1) is 6.92 Å². The molecule has 0 aliphatic rings. The summed E-state index contributed by atoms with van der Waals surface area (Å²) in [4.78, 5) is 9.98. The Morgan fingerprint density at radius 3 is 2.44 bits per heavy atom. The molecule has 0 atom stereocenters. The minimum absolute atomic E-state index is 0.438. The third-order valence-corrected chi connectivity index (χ3v) is 7.12. The number of pyridine rings is 1. The van der Waals surface area contributed by atoms with Crippen LogP contribution in [0.3, 0.4) is 0 Å². The quantitative estimate of drug-likeness (QED) is 0.199. The van der Waals surface area contributed by atoms with Crippen molar-refractivity contribution in [3.8, 4) is 21.9 Å². The van der Waals surface area contributed by atoms with Crippen molar-refractivity contribution in [3.63, 3.8) is 0 Å². The van der Waals surface area contributed by atoms with E-state index < -0.39 is 0 Å². The zero-order chi connectivity index (χ0) is 24.9. The van der Waals surface area contributed by atoms with Crippen molar-refractivity contribution in [3.05, 3.63) is 66.5 Å². The normalized spacial score (nSPS) is 11.3. The minimum atomic E-state index is 0.438. The summed E-state index contributed by atoms with van der Waals surface area (Å²) in [6.07, 6.45) is 3.82. The van der Waals surface area contributed by atoms with Crippen molar-refractivity contribution in [2.24, 2.45) is 0 Å². The number of H-pyrrole nitrogens is 1. The van der Waals surface area contributed by atoms with Gasteiger partial charge in [-0.1, -0.05) is 0 Å². The van der Waals surface area contributed by atoms with Gasteiger partial charge in [0.1, 0.15) is 18.0 Å². The number of nitrogens with zero attached hydrogens (tertiary/aromatic N) is 1. The lowest BCUT2D eigenvalue weighted by atomic mass is 10.1. The van der Waals surface area contributed by atoms with Crippen LogP contribution in [0.25, 0.3) is 31.6 Å². The maximum Gasteiger partial charge on any atom is 0.161 e. The first-order valence-corrected chi connectivity index (χ1v) is 12.6. The van der Waals surface area contributed by atoms with Gasteiger partial charge in [0.25, 0.3) is 0 Å². The van der Waals surface area contributed by atoms with E-state index in [0.29, 0.717) is 37.9 Å². The van der Waals surface area contributed by atoms with E-state index in [0.717, 1.165) is 37.5 Å². The number of thiophene rings is 1. The van der Waals surface area contributed by atoms with E-state index in [4.69, 9.17) is 18.9 Å². The number of hydrogen-bond donors (Lipinski definition) is 2. The minimum Gasteiger partial charge on any atom is -0.487 e. The molecule has 2 aromatic carbocycles. The van der Waals surface area contributed by atoms with E-state index >= 15 is 0 Å². The van der Waals surface area contributed by atoms with Crippen LogP contribution in [-0.4, -0.2) is 50.6 Å². The number of aryl methyl sites for hydroxylation is 1. The predicted molar refractivity (Wildman–Crippen MR) is 146 cm³/mol. The highest BCUT2D eigenvalue weighted by Gasteiger charge is 2.14. The van der Waals surface area contributed by atoms with Crippen LogP contribution < -0.4 is 14.8 Å². The van der Waals surface area contributed by atoms with Gasteiger partial charge in [0.05, 0.1) is 18.9 Å². The van der Waals surface area contributed by atoms with Crippen molar-refractivity contribution < 1.29 is 18.9 Å². The Labute approximate surface area is 214 Å². The fourth-order valence-electron chi connectivity index (χ4n) is 4.12. The van der Waals surface area contributed by atoms with Crippen LogP contribution in [0.15, 0.2) is 60.9 Å². The zero-order valence-corrected chi connectivity index (χ0v) is 21.4. The van der Waals surface area contributed by atoms with E-state index in [1.807, 2.05) is 36.7 Å². The molecule has 0 unspecified atom stereocenters. The largest absolute Gasteiger partial charge is 0.487 e. The Morgan fingerprint density at radius 1 is 0.833 bits per heavy atom. The van der Waals surface area contributed by atoms with Crippen LogP contribution in [0.5, 0.6) is 11.5 Å². The summed E-state index contributed by atoms with van der Waals surface area (Å²) in [7, 11) is 3.31. The molecule has 0 radical (unpaired) electrons. The Morgan fingerprint density at radius 2 is 1.64 bits per heavy atom. The van der Waals surface area contributed by atoms with Gasteiger partial charge in [0.15, 0.2) is 11.5 Å². The molecule has 5 rings (SSSR count). The third-order valence-electron chi connectivity index (χ3n) is 6.03. The Kier molecular flexibility index (Phi) is 7.36. The molecule has 0 saturated carbocycles. The average molecular weight is 504 g/mol. The molecule has 0 amide bonds. The molecule has 2 N–H and O–H groups in total. The molecular formula is C28H29N3O4S. The molecule has 0 aliphatic carbocycles. The Balaban J connectivity index is 1.46. The second-order valence-corrected chi connectivity index (χ2v) is 9.36. The van der Waals surface area contributed by atoms with Gasteiger partial charge in [-0.25, -0.2) is 4.98 Å². The number of anilines is 2. The lowest BCUT2D eigenvalue weighted by molar-refractivity contribution is 0.132. The number of aromatic nitrogens is 2. The molecule has 7 nitrogen and oxygen atoms in total. The summed E-state index contributed by atoms with van der Waals surface area (Å²) in [6, 6.07) is 16.5. The van der Waals surface area contributed by atoms with Gasteiger partial charge in [-0.2, -0.15) is 0 Å². The highest BCUT2D eigenvalue weighted by Crippen LogP contribution is 2.40. The second kappa shape index (κ2) is 11.0. The molecule has 0 fully saturated rings. The molecule has 8 heteroatoms. The van der Waals surface area contributed by atoms with Gasteiger partial charge in [0.2, 0.25) is 0 Å². The molecule has 186 valence electrons. The monoisotopic (exact) mass is 503 g/mol. The highest BCUT2D eigenvalue weighted by atomic mass is 32.1. The summed E-state index contributed by atoms with van der Waals surface area (Å²) < 4.78 is 22.1. The molecule has 5 aromatic rings. The van der Waals surface area contributed by atoms with Crippen LogP contribution in [0.2, 0.25) is 0 Å². The zero-order valence-electron chi connectivity index (χ0n) is 20.6. The van der Waals surface area contributed by atoms with Gasteiger partial charge in [-0.15, -0.1) is 11.3 Å². The summed E-state index contributed by atoms with van der Waals surface area (Å²) >= 11 is 1.65. The predicted octanol–water partition coefficient (Wildman–Crippen LogP) is 6.55. The van der Waals surface area contributed by atoms with E-state index in [-0.39, 0.29) is 0 Å². The average Bonchev–Trinajstić information content (AvgIpc) is 3.55. The molecule has 3 aromatic heterocycles. The van der Waals surface area contributed by atoms with Crippen molar-refractivity contribution in [1.82, 2.24) is 9.97 Å². The SMILES string of the molecule is COCCOc1ccc(-c2cc3c(Nc4ccc5[nH]ccc5c4C)ccnc3s2)cc1OCCOC. The maximum absolute atomic E-state index is 5.97. The van der Waals surface area contributed by atoms with Crippen LogP contribution in [-0.2, 0) is 9.47 Å². The highest BCUT2D eigenvalue weighted by molar-refractivity contribution is 7.21. The number of hydrogen-bond acceptors (Lipinski definition) is 7. The Bertz CT molecular complexity index is 1480. The van der Waals surface area contributed by atoms with Gasteiger partial charge >= 0.3 is 0 Å². The molecule has 0 bridgehead atoms. The number of nitrogens with one attached hydrogen (secondary N) is 2. The molecule has 0 spiro atoms. The molecule has 36 heavy (non-hydrogen) atoms. The summed E-state index contributed by atoms with van der Waals surface area (Å²) in [5.74, 6) is 1.36. The standard InChI is InChI=1S/C28H29N3O4S/c1-18-20-8-10-29-23(20)6-5-22(18)31-24-9-11-30-28-21(24)17-27(36-28)19-4-7-25(34-14-12-32-2)26(16-19)35-15-13-33-3/h4-11,16-17,29H,12-15H2,1-3H3,(H,30,31). The maximum atomic E-state index is 5.97. The van der Waals surface area contributed by atoms with E-state index in [9.17, 15) is 0 Å². The lowest BCUT2D eigenvalue weighted by Crippen LogP contribution is -2.08. The first-order chi connectivity index (χ1) is 17.7. The smallest absolute Gasteiger partial charge is 0.161 e. The van der Waals surface area contributed by atoms with Crippen molar-refractivity contribution >= 4 is 43.8 Å². The summed E-state index contributed by atoms with van der Waals surface area (Å²) in [5.41, 5.74) is 5.48. The first-order valence-electron chi connectivity index (χ1n) is 11.8. The van der Waals surface area contributed by atoms with Crippen molar-refractivity contribution in [2.45, 2.75) is 6.92 Å². The van der Waals surface area contributed by atoms with Crippen LogP contribution in [0.4, 0.5) is 11.4 Å². The first kappa shape index (κ1) is 24.1. The Hall–Kier alpha value is -3.59. The number of ether oxygens (including phenoxy) is 4. The van der Waals surface area contributed by atoms with Gasteiger partial charge in [-0.3, -0.25) is 0 Å². The molecule has 0 aliphatic heterocycles. The number of aromatic amines is 1. The number of rotatable bonds is 11. The summed E-state index contributed by atoms with van der Waals surface area (Å²) in [6.45, 7) is 4.03. The number of methoxy groups -OCH3 is 2. The molecule has 0 saturated heterocycles. The van der Waals surface area contributed by atoms with E-state index in [1.165, 1.54) is 10.9 Å². The fourth-order valence-corrected chi connectivity index (χ4v) is 5.14. The van der Waals surface area contributed by atoms with Gasteiger partial charge < -0.3 is 29.2 Å². The number of fused-ring (bicyclic) bond motifs is 2. The van der Waals surface area contributed by atoms with E-state index in [2.05, 4.69) is 46.5 Å². The number of benzene rings is 2. The fraction of sp³-hybridized carbons (Fsp3) is 0.250. The van der Waals surface area contributed by atoms with Crippen molar-refractivity contribution in [1.29, 1.82) is 0 Å². The lowest BCUT2D eigenvalue weighted by Gasteiger charge is -2.13. The van der Waals surface area contributed by atoms with Crippen LogP contribution in [0.1, 0.15) is 5.56 Å². The van der Waals surface area contributed by atoms with Gasteiger partial charge in [0, 0.05) is 53.5 Å². The van der Waals surface area contributed by atoms with E-state index in [1.54, 1.807) is 25.6 Å². The summed E-state index contributed by atoms with van der Waals surface area (Å²) in [5, 5.41) is 5.92. The second-order valence-electron chi connectivity index (χ2n) is 8.33. The van der Waals surface area contributed by atoms with Crippen LogP contribution >= 0.6 is 11.3 Å². The molecule has 3 heterocycles. The topological polar surface area (TPSA) is 77.6 Å². The third kappa shape index (κ3) is 5.02. The van der Waals surface area contributed by atoms with Crippen molar-refractivity contribution in [2.75, 3.05) is 46.0 Å². The van der Waals surface area contributed by atoms with Gasteiger partial charge in [-0.05, 0) is 66.6 Å².